The predicted molar refractivity (Wildman–Crippen MR) is 70.6 cm³/mol. The van der Waals surface area contributed by atoms with E-state index in [-0.39, 0.29) is 23.7 Å². The van der Waals surface area contributed by atoms with E-state index in [0.717, 1.165) is 4.90 Å². The third-order valence-corrected chi connectivity index (χ3v) is 3.44. The Labute approximate surface area is 115 Å². The van der Waals surface area contributed by atoms with Crippen LogP contribution in [-0.2, 0) is 16.6 Å². The summed E-state index contributed by atoms with van der Waals surface area (Å²) in [6, 6.07) is -0.709. The number of nitrogens with two attached hydrogens (primary N) is 1. The van der Waals surface area contributed by atoms with Gasteiger partial charge in [-0.05, 0) is 13.3 Å². The van der Waals surface area contributed by atoms with Gasteiger partial charge in [-0.3, -0.25) is 24.0 Å². The first kappa shape index (κ1) is 14.0. The number of likely N-dealkylation sites (tertiary alicyclic amines) is 1. The summed E-state index contributed by atoms with van der Waals surface area (Å²) in [6.45, 7) is 1.70. The van der Waals surface area contributed by atoms with Gasteiger partial charge >= 0.3 is 0 Å². The average Bonchev–Trinajstić information content (AvgIpc) is 2.64. The van der Waals surface area contributed by atoms with Gasteiger partial charge in [-0.25, -0.2) is 0 Å². The Hall–Kier alpha value is -2.38. The van der Waals surface area contributed by atoms with Crippen molar-refractivity contribution >= 4 is 23.4 Å². The van der Waals surface area contributed by atoms with Crippen LogP contribution in [0.3, 0.4) is 0 Å². The van der Waals surface area contributed by atoms with Crippen LogP contribution in [-0.4, -0.2) is 45.5 Å². The molecule has 3 N–H and O–H groups in total. The minimum absolute atomic E-state index is 0.217. The summed E-state index contributed by atoms with van der Waals surface area (Å²) in [5, 5.41) is 6.66. The van der Waals surface area contributed by atoms with Gasteiger partial charge in [0, 0.05) is 20.5 Å². The first-order chi connectivity index (χ1) is 9.32. The van der Waals surface area contributed by atoms with Crippen LogP contribution in [0.2, 0.25) is 0 Å². The summed E-state index contributed by atoms with van der Waals surface area (Å²) in [6.07, 6.45) is 0.525. The Bertz CT molecular complexity index is 592. The van der Waals surface area contributed by atoms with Crippen LogP contribution >= 0.6 is 0 Å². The molecule has 1 aliphatic heterocycles. The van der Waals surface area contributed by atoms with Crippen molar-refractivity contribution in [2.75, 3.05) is 12.8 Å². The van der Waals surface area contributed by atoms with Gasteiger partial charge in [0.2, 0.25) is 5.91 Å². The van der Waals surface area contributed by atoms with E-state index in [2.05, 4.69) is 10.4 Å². The van der Waals surface area contributed by atoms with Crippen molar-refractivity contribution in [3.8, 4) is 0 Å². The average molecular weight is 279 g/mol. The summed E-state index contributed by atoms with van der Waals surface area (Å²) < 4.78 is 1.38. The van der Waals surface area contributed by atoms with Crippen molar-refractivity contribution in [3.63, 3.8) is 0 Å². The van der Waals surface area contributed by atoms with Gasteiger partial charge in [-0.1, -0.05) is 0 Å². The highest BCUT2D eigenvalue weighted by molar-refractivity contribution is 6.04. The number of hydrogen-bond acceptors (Lipinski definition) is 5. The van der Waals surface area contributed by atoms with Crippen LogP contribution in [0.15, 0.2) is 0 Å². The number of carbonyl (C=O) groups is 3. The molecule has 8 heteroatoms. The van der Waals surface area contributed by atoms with Crippen molar-refractivity contribution in [1.29, 1.82) is 0 Å². The van der Waals surface area contributed by atoms with E-state index >= 15 is 0 Å². The molecule has 3 amide bonds. The highest BCUT2D eigenvalue weighted by Gasteiger charge is 2.33. The predicted octanol–water partition coefficient (Wildman–Crippen LogP) is -0.812. The van der Waals surface area contributed by atoms with Gasteiger partial charge in [0.1, 0.15) is 11.7 Å². The lowest BCUT2D eigenvalue weighted by Gasteiger charge is -2.28. The van der Waals surface area contributed by atoms with E-state index in [1.54, 1.807) is 14.0 Å². The quantitative estimate of drug-likeness (QED) is 0.688. The van der Waals surface area contributed by atoms with Crippen LogP contribution in [0.25, 0.3) is 0 Å². The second-order valence-electron chi connectivity index (χ2n) is 4.83. The van der Waals surface area contributed by atoms with Crippen LogP contribution in [0, 0.1) is 6.92 Å². The third kappa shape index (κ3) is 2.24. The number of piperidine rings is 1. The van der Waals surface area contributed by atoms with Crippen LogP contribution in [0.5, 0.6) is 0 Å². The fraction of sp³-hybridized carbons (Fsp3) is 0.500. The minimum Gasteiger partial charge on any atom is -0.395 e. The first-order valence-electron chi connectivity index (χ1n) is 6.23. The molecule has 8 nitrogen and oxygen atoms in total. The molecule has 0 saturated carbocycles. The van der Waals surface area contributed by atoms with Crippen LogP contribution in [0.1, 0.15) is 29.0 Å². The minimum atomic E-state index is -0.709. The van der Waals surface area contributed by atoms with Crippen molar-refractivity contribution in [3.05, 3.63) is 11.4 Å². The zero-order chi connectivity index (χ0) is 15.0. The Morgan fingerprint density at radius 1 is 1.40 bits per heavy atom. The molecule has 1 aromatic heterocycles. The van der Waals surface area contributed by atoms with Gasteiger partial charge in [0.25, 0.3) is 11.8 Å². The molecule has 2 rings (SSSR count). The smallest absolute Gasteiger partial charge is 0.272 e. The number of aryl methyl sites for hydroxylation is 2. The molecule has 0 aromatic carbocycles. The second kappa shape index (κ2) is 4.95. The number of aromatic nitrogens is 2. The maximum Gasteiger partial charge on any atom is 0.272 e. The number of nitrogens with zero attached hydrogens (tertiary/aromatic N) is 3. The van der Waals surface area contributed by atoms with Gasteiger partial charge in [-0.15, -0.1) is 0 Å². The molecule has 1 aromatic rings. The summed E-state index contributed by atoms with van der Waals surface area (Å²) in [4.78, 5) is 36.5. The summed E-state index contributed by atoms with van der Waals surface area (Å²) >= 11 is 0. The summed E-state index contributed by atoms with van der Waals surface area (Å²) in [5.74, 6) is -1.12. The highest BCUT2D eigenvalue weighted by atomic mass is 16.2. The van der Waals surface area contributed by atoms with E-state index in [9.17, 15) is 14.4 Å². The van der Waals surface area contributed by atoms with E-state index < -0.39 is 17.9 Å². The lowest BCUT2D eigenvalue weighted by Crippen LogP contribution is -2.53. The van der Waals surface area contributed by atoms with E-state index in [1.165, 1.54) is 11.7 Å². The summed E-state index contributed by atoms with van der Waals surface area (Å²) in [7, 11) is 3.02. The number of nitrogen functional groups attached to an aromatic ring is 1. The zero-order valence-electron chi connectivity index (χ0n) is 11.6. The lowest BCUT2D eigenvalue weighted by atomic mass is 10.0. The van der Waals surface area contributed by atoms with Gasteiger partial charge < -0.3 is 11.1 Å². The van der Waals surface area contributed by atoms with Crippen molar-refractivity contribution in [1.82, 2.24) is 20.0 Å². The Morgan fingerprint density at radius 2 is 2.05 bits per heavy atom. The number of anilines is 1. The van der Waals surface area contributed by atoms with Crippen molar-refractivity contribution in [2.24, 2.45) is 7.05 Å². The SMILES string of the molecule is Cc1nn(C)c(C(=O)NC2CCC(=O)N(C)C2=O)c1N. The normalized spacial score (nSPS) is 19.4. The number of rotatable bonds is 2. The molecule has 108 valence electrons. The third-order valence-electron chi connectivity index (χ3n) is 3.44. The van der Waals surface area contributed by atoms with E-state index in [4.69, 9.17) is 5.73 Å². The first-order valence-corrected chi connectivity index (χ1v) is 6.23. The number of amides is 3. The number of likely N-dealkylation sites (N-methyl/N-ethyl adjacent to an activating group) is 1. The maximum absolute atomic E-state index is 12.2. The number of hydrogen-bond donors (Lipinski definition) is 2. The van der Waals surface area contributed by atoms with E-state index in [0.29, 0.717) is 12.1 Å². The molecule has 2 heterocycles. The van der Waals surface area contributed by atoms with Crippen LogP contribution < -0.4 is 11.1 Å². The Kier molecular flexibility index (Phi) is 3.47. The molecule has 20 heavy (non-hydrogen) atoms. The fourth-order valence-electron chi connectivity index (χ4n) is 2.22. The van der Waals surface area contributed by atoms with E-state index in [1.807, 2.05) is 0 Å². The van der Waals surface area contributed by atoms with Gasteiger partial charge in [0.05, 0.1) is 11.4 Å². The molecule has 1 unspecified atom stereocenters. The topological polar surface area (TPSA) is 110 Å². The molecule has 1 fully saturated rings. The molecule has 0 bridgehead atoms. The van der Waals surface area contributed by atoms with Crippen LogP contribution in [0.4, 0.5) is 5.69 Å². The number of carbonyl (C=O) groups excluding carboxylic acids is 3. The monoisotopic (exact) mass is 279 g/mol. The molecule has 0 radical (unpaired) electrons. The molecule has 0 aliphatic carbocycles. The molecular formula is C12H17N5O3. The second-order valence-corrected chi connectivity index (χ2v) is 4.83. The lowest BCUT2D eigenvalue weighted by molar-refractivity contribution is -0.147. The molecule has 1 aliphatic rings. The standard InChI is InChI=1S/C12H17N5O3/c1-6-9(13)10(17(3)15-6)11(19)14-7-4-5-8(18)16(2)12(7)20/h7H,4-5,13H2,1-3H3,(H,14,19). The largest absolute Gasteiger partial charge is 0.395 e. The zero-order valence-corrected chi connectivity index (χ0v) is 11.6. The van der Waals surface area contributed by atoms with Gasteiger partial charge in [-0.2, -0.15) is 5.10 Å². The fourth-order valence-corrected chi connectivity index (χ4v) is 2.22. The molecule has 0 spiro atoms. The molecular weight excluding hydrogens is 262 g/mol. The number of nitrogens with one attached hydrogen (secondary N) is 1. The summed E-state index contributed by atoms with van der Waals surface area (Å²) in [5.41, 5.74) is 6.86. The molecule has 1 saturated heterocycles. The van der Waals surface area contributed by atoms with Crippen molar-refractivity contribution in [2.45, 2.75) is 25.8 Å². The Morgan fingerprint density at radius 3 is 2.60 bits per heavy atom. The maximum atomic E-state index is 12.2. The molecule has 1 atom stereocenters. The van der Waals surface area contributed by atoms with Crippen molar-refractivity contribution < 1.29 is 14.4 Å². The number of imide groups is 1. The Balaban J connectivity index is 2.16. The highest BCUT2D eigenvalue weighted by Crippen LogP contribution is 2.17. The van der Waals surface area contributed by atoms with Gasteiger partial charge in [0.15, 0.2) is 0 Å².